The number of alkyl carbamates (subject to hydrolysis) is 1. The molecule has 4 unspecified atom stereocenters. The number of nitrogens with zero attached hydrogens (tertiary/aromatic N) is 4. The number of ether oxygens (including phenoxy) is 10. The number of nitro benzene ring substituents is 2. The zero-order valence-corrected chi connectivity index (χ0v) is 53.7. The van der Waals surface area contributed by atoms with Crippen molar-refractivity contribution in [3.63, 3.8) is 0 Å². The molecule has 4 aliphatic heterocycles. The summed E-state index contributed by atoms with van der Waals surface area (Å²) in [6, 6.07) is 27.4. The van der Waals surface area contributed by atoms with Gasteiger partial charge in [-0.1, -0.05) is 71.9 Å². The highest BCUT2D eigenvalue weighted by Crippen LogP contribution is 2.38. The summed E-state index contributed by atoms with van der Waals surface area (Å²) >= 11 is 4.92. The minimum Gasteiger partial charge on any atom is -0.454 e. The number of aliphatic hydroxyl groups excluding tert-OH is 2. The number of aliphatic hydroxyl groups is 2. The largest absolute Gasteiger partial charge is 0.513 e. The van der Waals surface area contributed by atoms with E-state index in [1.807, 2.05) is 71.9 Å². The summed E-state index contributed by atoms with van der Waals surface area (Å²) in [5.41, 5.74) is -1.50. The number of carbonyl (C=O) groups is 3. The fourth-order valence-electron chi connectivity index (χ4n) is 9.95. The van der Waals surface area contributed by atoms with Crippen LogP contribution in [0.1, 0.15) is 66.4 Å². The van der Waals surface area contributed by atoms with Crippen molar-refractivity contribution < 1.29 is 98.6 Å². The number of hydrogen-bond acceptors (Lipinski definition) is 23. The third-order valence-electron chi connectivity index (χ3n) is 14.7. The van der Waals surface area contributed by atoms with E-state index in [-0.39, 0.29) is 110 Å². The lowest BCUT2D eigenvalue weighted by Gasteiger charge is -2.35. The molecular weight excluding hydrogens is 1270 g/mol. The lowest BCUT2D eigenvalue weighted by Crippen LogP contribution is -2.52. The molecule has 92 heavy (non-hydrogen) atoms. The van der Waals surface area contributed by atoms with Crippen molar-refractivity contribution in [3.8, 4) is 34.5 Å². The third kappa shape index (κ3) is 20.5. The van der Waals surface area contributed by atoms with Gasteiger partial charge in [0.2, 0.25) is 33.6 Å². The number of nitrogens with one attached hydrogen (secondary N) is 1. The van der Waals surface area contributed by atoms with Gasteiger partial charge >= 0.3 is 17.7 Å². The van der Waals surface area contributed by atoms with Crippen LogP contribution in [0.4, 0.5) is 25.8 Å². The number of sulfonamides is 2. The molecule has 5 atom stereocenters. The van der Waals surface area contributed by atoms with Gasteiger partial charge in [-0.2, -0.15) is 8.61 Å². The minimum absolute atomic E-state index is 0.00158. The van der Waals surface area contributed by atoms with Gasteiger partial charge < -0.3 is 62.9 Å². The minimum atomic E-state index is -4.15. The van der Waals surface area contributed by atoms with Crippen LogP contribution in [0, 0.1) is 42.9 Å². The first-order valence-electron chi connectivity index (χ1n) is 29.1. The number of amides is 1. The zero-order chi connectivity index (χ0) is 67.0. The number of carbonyl (C=O) groups excluding carboxylic acids is 3. The molecule has 0 radical (unpaired) electrons. The highest BCUT2D eigenvalue weighted by Gasteiger charge is 2.44. The number of hydrogen-bond donors (Lipinski definition) is 3. The van der Waals surface area contributed by atoms with E-state index in [0.29, 0.717) is 49.0 Å². The molecule has 1 amide bonds. The van der Waals surface area contributed by atoms with E-state index in [9.17, 15) is 61.7 Å². The second kappa shape index (κ2) is 32.1. The van der Waals surface area contributed by atoms with Gasteiger partial charge in [-0.05, 0) is 96.5 Å². The van der Waals surface area contributed by atoms with E-state index in [1.165, 1.54) is 87.5 Å². The SMILES string of the molecule is CC(C)(CCO)CN(CC(O)[C@H](Cc1ccccc1)NC(=O)OC1COC2OCCC12)S(=O)(=O)c1ccc2c(c1)OCO2.CC(C)CN(CC(C)(C)CCOC(=O)Oc1ccc([N+](=O)[O-])cc1)S(=O)(=O)c1ccc2c(c1)OCO2.O=C(Cl)Oc1ccc([N+](=O)[O-])cc1. The Bertz CT molecular complexity index is 3570. The molecule has 31 heteroatoms. The van der Waals surface area contributed by atoms with Crippen LogP contribution in [0.5, 0.6) is 34.5 Å². The van der Waals surface area contributed by atoms with Crippen LogP contribution in [0.2, 0.25) is 0 Å². The van der Waals surface area contributed by atoms with E-state index >= 15 is 0 Å². The van der Waals surface area contributed by atoms with Crippen molar-refractivity contribution >= 4 is 60.7 Å². The summed E-state index contributed by atoms with van der Waals surface area (Å²) in [6.45, 7) is 12.2. The Morgan fingerprint density at radius 3 is 1.73 bits per heavy atom. The first-order valence-corrected chi connectivity index (χ1v) is 32.3. The maximum Gasteiger partial charge on any atom is 0.513 e. The molecule has 4 aliphatic rings. The number of nitro groups is 2. The number of benzene rings is 5. The van der Waals surface area contributed by atoms with Gasteiger partial charge in [-0.15, -0.1) is 0 Å². The lowest BCUT2D eigenvalue weighted by molar-refractivity contribution is -0.385. The zero-order valence-electron chi connectivity index (χ0n) is 51.3. The lowest BCUT2D eigenvalue weighted by atomic mass is 9.89. The number of halogens is 1. The molecule has 5 aromatic rings. The Hall–Kier alpha value is -7.94. The highest BCUT2D eigenvalue weighted by atomic mass is 35.5. The van der Waals surface area contributed by atoms with Gasteiger partial charge in [-0.3, -0.25) is 20.2 Å². The van der Waals surface area contributed by atoms with Crippen molar-refractivity contribution in [1.82, 2.24) is 13.9 Å². The molecule has 5 aromatic carbocycles. The molecule has 500 valence electrons. The molecule has 28 nitrogen and oxygen atoms in total. The smallest absolute Gasteiger partial charge is 0.454 e. The van der Waals surface area contributed by atoms with Gasteiger partial charge in [0.1, 0.15) is 17.6 Å². The van der Waals surface area contributed by atoms with Crippen molar-refractivity contribution in [2.24, 2.45) is 22.7 Å². The van der Waals surface area contributed by atoms with E-state index in [1.54, 1.807) is 6.07 Å². The van der Waals surface area contributed by atoms with Gasteiger partial charge in [0.15, 0.2) is 29.3 Å². The normalized spacial score (nSPS) is 17.1. The Kier molecular flexibility index (Phi) is 24.9. The van der Waals surface area contributed by atoms with E-state index < -0.39 is 76.7 Å². The molecule has 0 aliphatic carbocycles. The molecule has 9 rings (SSSR count). The van der Waals surface area contributed by atoms with Crippen LogP contribution in [0.25, 0.3) is 0 Å². The van der Waals surface area contributed by atoms with Crippen LogP contribution in [-0.2, 0) is 45.4 Å². The fraction of sp³-hybridized carbons (Fsp3) is 0.459. The van der Waals surface area contributed by atoms with Gasteiger partial charge in [0.05, 0.1) is 57.5 Å². The molecule has 0 spiro atoms. The van der Waals surface area contributed by atoms with E-state index in [0.717, 1.165) is 12.0 Å². The summed E-state index contributed by atoms with van der Waals surface area (Å²) in [5, 5.41) is 44.9. The predicted molar refractivity (Wildman–Crippen MR) is 329 cm³/mol. The Labute approximate surface area is 536 Å². The molecule has 0 bridgehead atoms. The number of rotatable bonds is 26. The Balaban J connectivity index is 0.000000221. The fourth-order valence-corrected chi connectivity index (χ4v) is 13.5. The molecule has 0 aromatic heterocycles. The quantitative estimate of drug-likeness (QED) is 0.0153. The summed E-state index contributed by atoms with van der Waals surface area (Å²) in [7, 11) is -7.98. The first kappa shape index (κ1) is 71.5. The van der Waals surface area contributed by atoms with Crippen LogP contribution in [0.3, 0.4) is 0 Å². The predicted octanol–water partition coefficient (Wildman–Crippen LogP) is 9.21. The molecule has 0 saturated carbocycles. The third-order valence-corrected chi connectivity index (χ3v) is 18.4. The summed E-state index contributed by atoms with van der Waals surface area (Å²) in [5.74, 6) is 1.96. The second-order valence-electron chi connectivity index (χ2n) is 23.6. The number of fused-ring (bicyclic) bond motifs is 3. The molecule has 3 N–H and O–H groups in total. The average Bonchev–Trinajstić information content (AvgIpc) is 1.14. The van der Waals surface area contributed by atoms with Crippen LogP contribution >= 0.6 is 11.6 Å². The van der Waals surface area contributed by atoms with Gasteiger partial charge in [0.25, 0.3) is 11.4 Å². The van der Waals surface area contributed by atoms with Crippen LogP contribution in [-0.4, -0.2) is 154 Å². The van der Waals surface area contributed by atoms with Crippen LogP contribution in [0.15, 0.2) is 125 Å². The van der Waals surface area contributed by atoms with Gasteiger partial charge in [0, 0.05) is 80.8 Å². The first-order chi connectivity index (χ1) is 43.5. The summed E-state index contributed by atoms with van der Waals surface area (Å²) in [6.07, 6.45) is -2.22. The standard InChI is InChI=1S/C30H40N2O10S.C24H30N2O9S.C7H4ClNO4/c1-30(2,11-12-33)18-32(43(36,37)21-8-9-25-26(15-21)41-19-40-25)16-24(34)23(14-20-6-4-3-5-7-20)31-29(35)42-27-17-39-28-22(27)10-13-38-28;1-17(2)14-25(36(30,31)20-9-10-21-22(13-20)34-16-33-21)15-24(3,4)11-12-32-23(27)35-19-7-5-18(6-8-19)26(28)29;8-7(10)13-6-3-1-5(2-4-6)9(11)12/h3-9,15,22-24,27-28,33-34H,10-14,16-19H2,1-2H3,(H,31,35);5-10,13,17H,11-12,14-16H2,1-4H3;1-4H/t22?,23-,24?,27?,28?;;/m0../s1. The van der Waals surface area contributed by atoms with Crippen molar-refractivity contribution in [1.29, 1.82) is 0 Å². The van der Waals surface area contributed by atoms with Crippen molar-refractivity contribution in [2.45, 2.75) is 102 Å². The second-order valence-corrected chi connectivity index (χ2v) is 27.8. The van der Waals surface area contributed by atoms with Crippen LogP contribution < -0.4 is 33.7 Å². The molecule has 2 saturated heterocycles. The summed E-state index contributed by atoms with van der Waals surface area (Å²) in [4.78, 5) is 55.3. The van der Waals surface area contributed by atoms with Gasteiger partial charge in [-0.25, -0.2) is 31.2 Å². The maximum absolute atomic E-state index is 14.0. The Morgan fingerprint density at radius 1 is 0.707 bits per heavy atom. The number of non-ortho nitro benzene ring substituents is 2. The molecular formula is C61H74ClN5O23S2. The van der Waals surface area contributed by atoms with E-state index in [2.05, 4.69) is 10.1 Å². The Morgan fingerprint density at radius 2 is 1.22 bits per heavy atom. The van der Waals surface area contributed by atoms with Crippen molar-refractivity contribution in [3.05, 3.63) is 141 Å². The average molecular weight is 1340 g/mol. The topological polar surface area (TPSA) is 357 Å². The van der Waals surface area contributed by atoms with Crippen molar-refractivity contribution in [2.75, 3.05) is 66.2 Å². The summed E-state index contributed by atoms with van der Waals surface area (Å²) < 4.78 is 110. The monoisotopic (exact) mass is 1340 g/mol. The molecule has 4 heterocycles. The van der Waals surface area contributed by atoms with E-state index in [4.69, 9.17) is 54.2 Å². The highest BCUT2D eigenvalue weighted by molar-refractivity contribution is 7.89. The molecule has 2 fully saturated rings. The maximum atomic E-state index is 14.0.